The first-order valence-electron chi connectivity index (χ1n) is 8.64. The van der Waals surface area contributed by atoms with Gasteiger partial charge in [-0.3, -0.25) is 0 Å². The van der Waals surface area contributed by atoms with Crippen LogP contribution in [-0.4, -0.2) is 0 Å². The Hall–Kier alpha value is -2.60. The van der Waals surface area contributed by atoms with Crippen molar-refractivity contribution in [2.24, 2.45) is 0 Å². The predicted molar refractivity (Wildman–Crippen MR) is 106 cm³/mol. The van der Waals surface area contributed by atoms with E-state index in [4.69, 9.17) is 0 Å². The van der Waals surface area contributed by atoms with Gasteiger partial charge in [-0.15, -0.1) is 0 Å². The van der Waals surface area contributed by atoms with Crippen LogP contribution in [0.3, 0.4) is 0 Å². The highest BCUT2D eigenvalue weighted by Gasteiger charge is 2.21. The first-order chi connectivity index (χ1) is 11.6. The molecule has 0 atom stereocenters. The third-order valence-electron chi connectivity index (χ3n) is 5.32. The van der Waals surface area contributed by atoms with Crippen molar-refractivity contribution in [3.8, 4) is 0 Å². The van der Waals surface area contributed by atoms with Crippen molar-refractivity contribution in [2.45, 2.75) is 26.2 Å². The van der Waals surface area contributed by atoms with Crippen molar-refractivity contribution in [3.05, 3.63) is 72.3 Å². The smallest absolute Gasteiger partial charge is 0.00174 e. The van der Waals surface area contributed by atoms with E-state index >= 15 is 0 Å². The maximum Gasteiger partial charge on any atom is -0.00174 e. The van der Waals surface area contributed by atoms with E-state index in [2.05, 4.69) is 87.5 Å². The highest BCUT2D eigenvalue weighted by atomic mass is 14.2. The fourth-order valence-corrected chi connectivity index (χ4v) is 4.26. The highest BCUT2D eigenvalue weighted by molar-refractivity contribution is 6.34. The summed E-state index contributed by atoms with van der Waals surface area (Å²) in [6.07, 6.45) is 0. The summed E-state index contributed by atoms with van der Waals surface area (Å²) in [5, 5.41) is 11.0. The van der Waals surface area contributed by atoms with Gasteiger partial charge in [0.15, 0.2) is 0 Å². The van der Waals surface area contributed by atoms with Crippen molar-refractivity contribution in [2.75, 3.05) is 0 Å². The molecule has 116 valence electrons. The molecule has 0 aliphatic heterocycles. The molecule has 0 radical (unpaired) electrons. The van der Waals surface area contributed by atoms with Gasteiger partial charge in [0.05, 0.1) is 0 Å². The van der Waals surface area contributed by atoms with Crippen LogP contribution >= 0.6 is 0 Å². The lowest BCUT2D eigenvalue weighted by molar-refractivity contribution is 0.596. The first-order valence-corrected chi connectivity index (χ1v) is 8.64. The Kier molecular flexibility index (Phi) is 2.58. The van der Waals surface area contributed by atoms with Crippen molar-refractivity contribution < 1.29 is 0 Å². The number of hydrogen-bond acceptors (Lipinski definition) is 0. The van der Waals surface area contributed by atoms with E-state index in [0.29, 0.717) is 0 Å². The second-order valence-corrected chi connectivity index (χ2v) is 7.85. The van der Waals surface area contributed by atoms with Gasteiger partial charge in [0.1, 0.15) is 0 Å². The highest BCUT2D eigenvalue weighted by Crippen LogP contribution is 2.44. The fraction of sp³-hybridized carbons (Fsp3) is 0.167. The second-order valence-electron chi connectivity index (χ2n) is 7.85. The molecule has 5 rings (SSSR count). The molecule has 0 saturated heterocycles. The van der Waals surface area contributed by atoms with Crippen LogP contribution in [0.15, 0.2) is 66.7 Å². The Labute approximate surface area is 142 Å². The molecule has 0 spiro atoms. The topological polar surface area (TPSA) is 0 Å². The summed E-state index contributed by atoms with van der Waals surface area (Å²) in [6, 6.07) is 24.7. The molecule has 5 aromatic carbocycles. The van der Waals surface area contributed by atoms with Crippen LogP contribution in [0.2, 0.25) is 0 Å². The maximum absolute atomic E-state index is 2.33. The number of benzene rings is 5. The monoisotopic (exact) mass is 308 g/mol. The minimum Gasteiger partial charge on any atom is -0.0616 e. The van der Waals surface area contributed by atoms with Gasteiger partial charge in [-0.2, -0.15) is 0 Å². The van der Waals surface area contributed by atoms with Gasteiger partial charge < -0.3 is 0 Å². The molecule has 0 heterocycles. The molecule has 0 bridgehead atoms. The van der Waals surface area contributed by atoms with E-state index in [9.17, 15) is 0 Å². The summed E-state index contributed by atoms with van der Waals surface area (Å²) < 4.78 is 0. The van der Waals surface area contributed by atoms with E-state index in [0.717, 1.165) is 0 Å². The van der Waals surface area contributed by atoms with Crippen LogP contribution < -0.4 is 0 Å². The molecular weight excluding hydrogens is 288 g/mol. The third kappa shape index (κ3) is 1.69. The van der Waals surface area contributed by atoms with E-state index < -0.39 is 0 Å². The summed E-state index contributed by atoms with van der Waals surface area (Å²) in [7, 11) is 0. The molecule has 5 aromatic rings. The predicted octanol–water partition coefficient (Wildman–Crippen LogP) is 7.03. The molecule has 24 heavy (non-hydrogen) atoms. The minimum absolute atomic E-state index is 0.116. The lowest BCUT2D eigenvalue weighted by atomic mass is 9.79. The number of fused-ring (bicyclic) bond motifs is 3. The van der Waals surface area contributed by atoms with Crippen molar-refractivity contribution in [3.63, 3.8) is 0 Å². The SMILES string of the molecule is CC(C)(C)c1ccc2ccc3cccc4c5ccccc5c1c2c34. The zero-order chi connectivity index (χ0) is 16.5. The van der Waals surface area contributed by atoms with Crippen LogP contribution in [0.25, 0.3) is 43.1 Å². The average Bonchev–Trinajstić information content (AvgIpc) is 2.59. The lowest BCUT2D eigenvalue weighted by Gasteiger charge is -2.25. The van der Waals surface area contributed by atoms with Crippen molar-refractivity contribution in [1.82, 2.24) is 0 Å². The molecule has 0 heteroatoms. The van der Waals surface area contributed by atoms with Gasteiger partial charge in [0, 0.05) is 0 Å². The van der Waals surface area contributed by atoms with E-state index in [-0.39, 0.29) is 5.41 Å². The zero-order valence-corrected chi connectivity index (χ0v) is 14.4. The molecule has 0 N–H and O–H groups in total. The summed E-state index contributed by atoms with van der Waals surface area (Å²) in [4.78, 5) is 0. The molecule has 0 aliphatic carbocycles. The molecule has 0 saturated carbocycles. The van der Waals surface area contributed by atoms with E-state index in [1.54, 1.807) is 0 Å². The molecular formula is C24H20. The Morgan fingerprint density at radius 2 is 1.08 bits per heavy atom. The normalized spacial score (nSPS) is 12.8. The van der Waals surface area contributed by atoms with Gasteiger partial charge >= 0.3 is 0 Å². The fourth-order valence-electron chi connectivity index (χ4n) is 4.26. The second kappa shape index (κ2) is 4.48. The molecule has 0 fully saturated rings. The van der Waals surface area contributed by atoms with Crippen LogP contribution in [0.4, 0.5) is 0 Å². The van der Waals surface area contributed by atoms with Crippen molar-refractivity contribution in [1.29, 1.82) is 0 Å². The quantitative estimate of drug-likeness (QED) is 0.213. The number of rotatable bonds is 0. The molecule has 0 amide bonds. The van der Waals surface area contributed by atoms with Crippen LogP contribution in [0.1, 0.15) is 26.3 Å². The van der Waals surface area contributed by atoms with E-state index in [1.165, 1.54) is 48.7 Å². The number of hydrogen-bond donors (Lipinski definition) is 0. The van der Waals surface area contributed by atoms with Crippen LogP contribution in [-0.2, 0) is 5.41 Å². The van der Waals surface area contributed by atoms with Gasteiger partial charge in [-0.05, 0) is 54.1 Å². The molecule has 0 aliphatic rings. The van der Waals surface area contributed by atoms with Gasteiger partial charge in [-0.25, -0.2) is 0 Å². The first kappa shape index (κ1) is 13.8. The Morgan fingerprint density at radius 3 is 1.83 bits per heavy atom. The van der Waals surface area contributed by atoms with Crippen LogP contribution in [0, 0.1) is 0 Å². The average molecular weight is 308 g/mol. The third-order valence-corrected chi connectivity index (χ3v) is 5.32. The van der Waals surface area contributed by atoms with E-state index in [1.807, 2.05) is 0 Å². The Morgan fingerprint density at radius 1 is 0.500 bits per heavy atom. The maximum atomic E-state index is 2.33. The Bertz CT molecular complexity index is 1220. The summed E-state index contributed by atoms with van der Waals surface area (Å²) in [5.41, 5.74) is 1.55. The zero-order valence-electron chi connectivity index (χ0n) is 14.4. The van der Waals surface area contributed by atoms with Gasteiger partial charge in [0.25, 0.3) is 0 Å². The van der Waals surface area contributed by atoms with Gasteiger partial charge in [-0.1, -0.05) is 87.5 Å². The molecule has 0 nitrogen and oxygen atoms in total. The van der Waals surface area contributed by atoms with Crippen molar-refractivity contribution >= 4 is 43.1 Å². The largest absolute Gasteiger partial charge is 0.0616 e. The summed E-state index contributed by atoms with van der Waals surface area (Å²) in [6.45, 7) is 6.94. The summed E-state index contributed by atoms with van der Waals surface area (Å²) in [5.74, 6) is 0. The van der Waals surface area contributed by atoms with Gasteiger partial charge in [0.2, 0.25) is 0 Å². The Balaban J connectivity index is 2.24. The standard InChI is InChI=1S/C24H20/c1-24(2,3)20-14-13-16-12-11-15-7-6-10-18-17-8-4-5-9-19(17)23(20)22(16)21(15)18/h4-14H,1-3H3. The molecule has 0 aromatic heterocycles. The molecule has 0 unspecified atom stereocenters. The minimum atomic E-state index is 0.116. The lowest BCUT2D eigenvalue weighted by Crippen LogP contribution is -2.12. The summed E-state index contributed by atoms with van der Waals surface area (Å²) >= 11 is 0. The van der Waals surface area contributed by atoms with Crippen LogP contribution in [0.5, 0.6) is 0 Å².